The molecular formula is C17H20BrCl3N4O2. The molecule has 0 aliphatic carbocycles. The van der Waals surface area contributed by atoms with E-state index in [1.54, 1.807) is 23.4 Å². The topological polar surface area (TPSA) is 66.5 Å². The highest BCUT2D eigenvalue weighted by Gasteiger charge is 2.27. The molecule has 0 spiro atoms. The normalized spacial score (nSPS) is 15.9. The average molecular weight is 499 g/mol. The smallest absolute Gasteiger partial charge is 0.322 e. The highest BCUT2D eigenvalue weighted by atomic mass is 79.9. The SMILES string of the molecule is Cl.Cl.O=C(Nc1ccc(Br)cc1)N1CCNCC1COc1cncc(Cl)c1. The number of nitrogens with one attached hydrogen (secondary N) is 2. The molecule has 1 aromatic carbocycles. The molecule has 0 bridgehead atoms. The number of nitrogens with zero attached hydrogens (tertiary/aromatic N) is 2. The molecule has 148 valence electrons. The van der Waals surface area contributed by atoms with Gasteiger partial charge in [0, 0.05) is 42.1 Å². The molecule has 0 radical (unpaired) electrons. The van der Waals surface area contributed by atoms with Crippen molar-refractivity contribution in [2.24, 2.45) is 0 Å². The predicted octanol–water partition coefficient (Wildman–Crippen LogP) is 4.23. The summed E-state index contributed by atoms with van der Waals surface area (Å²) in [5, 5.41) is 6.73. The number of urea groups is 1. The molecule has 27 heavy (non-hydrogen) atoms. The van der Waals surface area contributed by atoms with Gasteiger partial charge in [0.15, 0.2) is 0 Å². The van der Waals surface area contributed by atoms with Gasteiger partial charge in [-0.05, 0) is 24.3 Å². The first-order valence-electron chi connectivity index (χ1n) is 7.89. The van der Waals surface area contributed by atoms with E-state index in [4.69, 9.17) is 16.3 Å². The van der Waals surface area contributed by atoms with Crippen molar-refractivity contribution in [3.05, 3.63) is 52.2 Å². The maximum atomic E-state index is 12.6. The third-order valence-electron chi connectivity index (χ3n) is 3.83. The Morgan fingerprint density at radius 2 is 2.07 bits per heavy atom. The third kappa shape index (κ3) is 7.01. The minimum atomic E-state index is -0.137. The van der Waals surface area contributed by atoms with Crippen LogP contribution in [0.1, 0.15) is 0 Å². The Balaban J connectivity index is 0.00000182. The minimum Gasteiger partial charge on any atom is -0.490 e. The number of rotatable bonds is 4. The van der Waals surface area contributed by atoms with Gasteiger partial charge in [-0.2, -0.15) is 0 Å². The van der Waals surface area contributed by atoms with Gasteiger partial charge < -0.3 is 20.3 Å². The number of amides is 2. The number of anilines is 1. The molecule has 1 unspecified atom stereocenters. The number of carbonyl (C=O) groups excluding carboxylic acids is 1. The Morgan fingerprint density at radius 1 is 1.33 bits per heavy atom. The number of pyridine rings is 1. The van der Waals surface area contributed by atoms with Gasteiger partial charge in [0.1, 0.15) is 12.4 Å². The maximum absolute atomic E-state index is 12.6. The maximum Gasteiger partial charge on any atom is 0.322 e. The molecule has 1 aliphatic rings. The Labute approximate surface area is 184 Å². The highest BCUT2D eigenvalue weighted by molar-refractivity contribution is 9.10. The van der Waals surface area contributed by atoms with Crippen LogP contribution in [0.15, 0.2) is 47.2 Å². The molecular weight excluding hydrogens is 478 g/mol. The van der Waals surface area contributed by atoms with E-state index < -0.39 is 0 Å². The molecule has 1 aliphatic heterocycles. The number of benzene rings is 1. The van der Waals surface area contributed by atoms with Gasteiger partial charge in [0.05, 0.1) is 17.3 Å². The molecule has 2 aromatic rings. The summed E-state index contributed by atoms with van der Waals surface area (Å²) < 4.78 is 6.72. The van der Waals surface area contributed by atoms with Crippen LogP contribution in [0.5, 0.6) is 5.75 Å². The second-order valence-corrected chi connectivity index (χ2v) is 6.99. The zero-order valence-electron chi connectivity index (χ0n) is 14.2. The Kier molecular flexibility index (Phi) is 10.2. The van der Waals surface area contributed by atoms with Crippen molar-refractivity contribution in [3.8, 4) is 5.75 Å². The second kappa shape index (κ2) is 11.6. The summed E-state index contributed by atoms with van der Waals surface area (Å²) in [6.07, 6.45) is 3.16. The average Bonchev–Trinajstić information content (AvgIpc) is 2.62. The molecule has 10 heteroatoms. The molecule has 2 N–H and O–H groups in total. The zero-order valence-corrected chi connectivity index (χ0v) is 18.2. The first-order valence-corrected chi connectivity index (χ1v) is 9.06. The summed E-state index contributed by atoms with van der Waals surface area (Å²) in [5.41, 5.74) is 0.755. The summed E-state index contributed by atoms with van der Waals surface area (Å²) in [7, 11) is 0. The van der Waals surface area contributed by atoms with E-state index in [1.165, 1.54) is 0 Å². The van der Waals surface area contributed by atoms with Crippen molar-refractivity contribution in [1.29, 1.82) is 0 Å². The molecule has 0 saturated carbocycles. The summed E-state index contributed by atoms with van der Waals surface area (Å²) >= 11 is 9.30. The quantitative estimate of drug-likeness (QED) is 0.662. The summed E-state index contributed by atoms with van der Waals surface area (Å²) in [6.45, 7) is 2.40. The van der Waals surface area contributed by atoms with Crippen LogP contribution in [-0.4, -0.2) is 48.2 Å². The summed E-state index contributed by atoms with van der Waals surface area (Å²) in [5.74, 6) is 0.589. The van der Waals surface area contributed by atoms with E-state index in [-0.39, 0.29) is 36.9 Å². The lowest BCUT2D eigenvalue weighted by Gasteiger charge is -2.35. The van der Waals surface area contributed by atoms with Gasteiger partial charge in [0.25, 0.3) is 0 Å². The number of carbonyl (C=O) groups is 1. The van der Waals surface area contributed by atoms with E-state index in [0.717, 1.165) is 16.7 Å². The molecule has 3 rings (SSSR count). The lowest BCUT2D eigenvalue weighted by molar-refractivity contribution is 0.133. The molecule has 6 nitrogen and oxygen atoms in total. The number of hydrogen-bond acceptors (Lipinski definition) is 4. The molecule has 1 atom stereocenters. The fourth-order valence-corrected chi connectivity index (χ4v) is 3.00. The van der Waals surface area contributed by atoms with E-state index in [0.29, 0.717) is 30.5 Å². The van der Waals surface area contributed by atoms with E-state index >= 15 is 0 Å². The highest BCUT2D eigenvalue weighted by Crippen LogP contribution is 2.18. The minimum absolute atomic E-state index is 0. The summed E-state index contributed by atoms with van der Waals surface area (Å²) in [4.78, 5) is 18.4. The van der Waals surface area contributed by atoms with Gasteiger partial charge >= 0.3 is 6.03 Å². The Hall–Kier alpha value is -1.25. The van der Waals surface area contributed by atoms with E-state index in [9.17, 15) is 4.79 Å². The van der Waals surface area contributed by atoms with Crippen LogP contribution in [0.2, 0.25) is 5.02 Å². The van der Waals surface area contributed by atoms with E-state index in [1.807, 2.05) is 24.3 Å². The second-order valence-electron chi connectivity index (χ2n) is 5.64. The van der Waals surface area contributed by atoms with Crippen LogP contribution < -0.4 is 15.4 Å². The van der Waals surface area contributed by atoms with Gasteiger partial charge in [-0.3, -0.25) is 4.98 Å². The molecule has 1 fully saturated rings. The van der Waals surface area contributed by atoms with Crippen molar-refractivity contribution < 1.29 is 9.53 Å². The van der Waals surface area contributed by atoms with Crippen molar-refractivity contribution in [3.63, 3.8) is 0 Å². The van der Waals surface area contributed by atoms with Crippen molar-refractivity contribution >= 4 is 64.1 Å². The van der Waals surface area contributed by atoms with Crippen LogP contribution >= 0.6 is 52.3 Å². The molecule has 1 saturated heterocycles. The van der Waals surface area contributed by atoms with Gasteiger partial charge in [-0.15, -0.1) is 24.8 Å². The first-order chi connectivity index (χ1) is 12.1. The van der Waals surface area contributed by atoms with Crippen LogP contribution in [0.3, 0.4) is 0 Å². The molecule has 1 aromatic heterocycles. The molecule has 2 amide bonds. The number of hydrogen-bond donors (Lipinski definition) is 2. The third-order valence-corrected chi connectivity index (χ3v) is 4.56. The number of aromatic nitrogens is 1. The number of halogens is 4. The van der Waals surface area contributed by atoms with Gasteiger partial charge in [-0.25, -0.2) is 4.79 Å². The lowest BCUT2D eigenvalue weighted by Crippen LogP contribution is -2.57. The van der Waals surface area contributed by atoms with Crippen molar-refractivity contribution in [2.75, 3.05) is 31.6 Å². The largest absolute Gasteiger partial charge is 0.490 e. The monoisotopic (exact) mass is 496 g/mol. The van der Waals surface area contributed by atoms with Gasteiger partial charge in [-0.1, -0.05) is 27.5 Å². The molecule has 2 heterocycles. The van der Waals surface area contributed by atoms with Crippen molar-refractivity contribution in [1.82, 2.24) is 15.2 Å². The van der Waals surface area contributed by atoms with Crippen LogP contribution in [0.25, 0.3) is 0 Å². The van der Waals surface area contributed by atoms with Crippen LogP contribution in [-0.2, 0) is 0 Å². The lowest BCUT2D eigenvalue weighted by atomic mass is 10.2. The fourth-order valence-electron chi connectivity index (χ4n) is 2.57. The predicted molar refractivity (Wildman–Crippen MR) is 116 cm³/mol. The van der Waals surface area contributed by atoms with Crippen LogP contribution in [0, 0.1) is 0 Å². The fraction of sp³-hybridized carbons (Fsp3) is 0.294. The first kappa shape index (κ1) is 23.8. The Bertz CT molecular complexity index is 736. The number of ether oxygens (including phenoxy) is 1. The van der Waals surface area contributed by atoms with E-state index in [2.05, 4.69) is 31.5 Å². The van der Waals surface area contributed by atoms with Crippen molar-refractivity contribution in [2.45, 2.75) is 6.04 Å². The zero-order chi connectivity index (χ0) is 17.6. The Morgan fingerprint density at radius 3 is 2.78 bits per heavy atom. The van der Waals surface area contributed by atoms with Gasteiger partial charge in [0.2, 0.25) is 0 Å². The number of piperazine rings is 1. The van der Waals surface area contributed by atoms with Crippen LogP contribution in [0.4, 0.5) is 10.5 Å². The standard InChI is InChI=1S/C17H18BrClN4O2.2ClH/c18-12-1-3-14(4-2-12)22-17(24)23-6-5-20-9-15(23)11-25-16-7-13(19)8-21-10-16;;/h1-4,7-8,10,15,20H,5-6,9,11H2,(H,22,24);2*1H. The summed E-state index contributed by atoms with van der Waals surface area (Å²) in [6, 6.07) is 8.97.